The maximum Gasteiger partial charge on any atom is 0.241 e. The molecule has 2 rings (SSSR count). The van der Waals surface area contributed by atoms with Crippen LogP contribution < -0.4 is 5.32 Å². The van der Waals surface area contributed by atoms with E-state index in [1.807, 2.05) is 11.8 Å². The van der Waals surface area contributed by atoms with E-state index in [9.17, 15) is 4.79 Å². The van der Waals surface area contributed by atoms with Crippen molar-refractivity contribution < 1.29 is 4.79 Å². The molecule has 3 nitrogen and oxygen atoms in total. The fourth-order valence-electron chi connectivity index (χ4n) is 3.78. The lowest BCUT2D eigenvalue weighted by Gasteiger charge is -2.34. The van der Waals surface area contributed by atoms with Gasteiger partial charge in [0.25, 0.3) is 0 Å². The maximum absolute atomic E-state index is 12.8. The molecule has 0 radical (unpaired) electrons. The average molecular weight is 313 g/mol. The van der Waals surface area contributed by atoms with Crippen LogP contribution >= 0.6 is 11.8 Å². The zero-order chi connectivity index (χ0) is 15.4. The molecule has 0 aromatic heterocycles. The number of nitrogens with zero attached hydrogens (tertiary/aromatic N) is 1. The minimum Gasteiger partial charge on any atom is -0.323 e. The van der Waals surface area contributed by atoms with E-state index in [1.54, 1.807) is 0 Å². The Morgan fingerprint density at radius 2 is 1.95 bits per heavy atom. The Hall–Kier alpha value is -0.220. The van der Waals surface area contributed by atoms with Crippen LogP contribution in [0.3, 0.4) is 0 Å². The molecule has 21 heavy (non-hydrogen) atoms. The van der Waals surface area contributed by atoms with Crippen LogP contribution in [0.2, 0.25) is 0 Å². The van der Waals surface area contributed by atoms with E-state index in [-0.39, 0.29) is 12.2 Å². The van der Waals surface area contributed by atoms with Gasteiger partial charge in [-0.05, 0) is 49.5 Å². The SMILES string of the molecule is CCSCCC(C)N1C(=O)C(C(C)C)NC1C1CCCC1. The summed E-state index contributed by atoms with van der Waals surface area (Å²) in [6.45, 7) is 8.75. The summed E-state index contributed by atoms with van der Waals surface area (Å²) in [6, 6.07) is 0.385. The highest BCUT2D eigenvalue weighted by molar-refractivity contribution is 7.99. The average Bonchev–Trinajstić information content (AvgIpc) is 3.05. The van der Waals surface area contributed by atoms with Gasteiger partial charge in [0.15, 0.2) is 0 Å². The number of rotatable bonds is 7. The number of carbonyl (C=O) groups is 1. The Morgan fingerprint density at radius 1 is 1.29 bits per heavy atom. The third kappa shape index (κ3) is 3.95. The van der Waals surface area contributed by atoms with Gasteiger partial charge in [0, 0.05) is 6.04 Å². The molecule has 1 saturated carbocycles. The Bertz CT molecular complexity index is 342. The van der Waals surface area contributed by atoms with E-state index in [1.165, 1.54) is 31.4 Å². The molecule has 4 heteroatoms. The summed E-state index contributed by atoms with van der Waals surface area (Å²) in [4.78, 5) is 15.1. The van der Waals surface area contributed by atoms with Crippen molar-refractivity contribution in [1.82, 2.24) is 10.2 Å². The predicted octanol–water partition coefficient (Wildman–Crippen LogP) is 3.49. The quantitative estimate of drug-likeness (QED) is 0.730. The molecule has 3 unspecified atom stereocenters. The molecule has 2 aliphatic rings. The van der Waals surface area contributed by atoms with Gasteiger partial charge in [-0.2, -0.15) is 11.8 Å². The smallest absolute Gasteiger partial charge is 0.241 e. The van der Waals surface area contributed by atoms with E-state index >= 15 is 0 Å². The highest BCUT2D eigenvalue weighted by atomic mass is 32.2. The fraction of sp³-hybridized carbons (Fsp3) is 0.941. The van der Waals surface area contributed by atoms with Crippen molar-refractivity contribution in [2.75, 3.05) is 11.5 Å². The fourth-order valence-corrected chi connectivity index (χ4v) is 4.57. The topological polar surface area (TPSA) is 32.3 Å². The summed E-state index contributed by atoms with van der Waals surface area (Å²) in [6.07, 6.45) is 6.62. The first-order chi connectivity index (χ1) is 10.1. The largest absolute Gasteiger partial charge is 0.323 e. The van der Waals surface area contributed by atoms with E-state index in [4.69, 9.17) is 0 Å². The number of nitrogens with one attached hydrogen (secondary N) is 1. The number of carbonyl (C=O) groups excluding carboxylic acids is 1. The second kappa shape index (κ2) is 7.87. The predicted molar refractivity (Wildman–Crippen MR) is 91.4 cm³/mol. The molecule has 122 valence electrons. The van der Waals surface area contributed by atoms with Crippen molar-refractivity contribution in [2.45, 2.75) is 78.0 Å². The number of amides is 1. The first-order valence-electron chi connectivity index (χ1n) is 8.72. The normalized spacial score (nSPS) is 28.8. The molecule has 1 aliphatic carbocycles. The van der Waals surface area contributed by atoms with Crippen molar-refractivity contribution in [2.24, 2.45) is 11.8 Å². The van der Waals surface area contributed by atoms with Gasteiger partial charge in [-0.3, -0.25) is 10.1 Å². The minimum atomic E-state index is 0.0249. The van der Waals surface area contributed by atoms with Crippen molar-refractivity contribution in [3.05, 3.63) is 0 Å². The van der Waals surface area contributed by atoms with Crippen molar-refractivity contribution in [1.29, 1.82) is 0 Å². The Morgan fingerprint density at radius 3 is 2.52 bits per heavy atom. The molecule has 0 bridgehead atoms. The third-order valence-corrected chi connectivity index (χ3v) is 5.98. The van der Waals surface area contributed by atoms with Crippen molar-refractivity contribution in [3.8, 4) is 0 Å². The van der Waals surface area contributed by atoms with Gasteiger partial charge in [-0.15, -0.1) is 0 Å². The lowest BCUT2D eigenvalue weighted by molar-refractivity contribution is -0.133. The third-order valence-electron chi connectivity index (χ3n) is 5.04. The van der Waals surface area contributed by atoms with E-state index in [2.05, 4.69) is 37.9 Å². The number of thioether (sulfide) groups is 1. The summed E-state index contributed by atoms with van der Waals surface area (Å²) < 4.78 is 0. The molecular weight excluding hydrogens is 280 g/mol. The Kier molecular flexibility index (Phi) is 6.42. The molecule has 1 N–H and O–H groups in total. The summed E-state index contributed by atoms with van der Waals surface area (Å²) in [5.74, 6) is 3.71. The summed E-state index contributed by atoms with van der Waals surface area (Å²) >= 11 is 1.98. The van der Waals surface area contributed by atoms with Gasteiger partial charge in [-0.25, -0.2) is 0 Å². The van der Waals surface area contributed by atoms with Gasteiger partial charge in [0.05, 0.1) is 12.2 Å². The van der Waals surface area contributed by atoms with E-state index < -0.39 is 0 Å². The van der Waals surface area contributed by atoms with Crippen LogP contribution in [0.5, 0.6) is 0 Å². The molecule has 0 aromatic carbocycles. The van der Waals surface area contributed by atoms with Crippen LogP contribution in [-0.4, -0.2) is 40.6 Å². The Balaban J connectivity index is 2.06. The maximum atomic E-state index is 12.8. The zero-order valence-electron chi connectivity index (χ0n) is 14.1. The first kappa shape index (κ1) is 17.1. The summed E-state index contributed by atoms with van der Waals surface area (Å²) in [5.41, 5.74) is 0. The highest BCUT2D eigenvalue weighted by Gasteiger charge is 2.45. The van der Waals surface area contributed by atoms with Gasteiger partial charge in [0.1, 0.15) is 0 Å². The molecule has 0 spiro atoms. The molecule has 2 fully saturated rings. The second-order valence-corrected chi connectivity index (χ2v) is 8.35. The Labute approximate surface area is 134 Å². The first-order valence-corrected chi connectivity index (χ1v) is 9.87. The van der Waals surface area contributed by atoms with Crippen molar-refractivity contribution >= 4 is 17.7 Å². The summed E-state index contributed by atoms with van der Waals surface area (Å²) in [5, 5.41) is 3.67. The molecule has 1 amide bonds. The lowest BCUT2D eigenvalue weighted by Crippen LogP contribution is -2.47. The van der Waals surface area contributed by atoms with Gasteiger partial charge in [-0.1, -0.05) is 33.6 Å². The molecule has 0 aromatic rings. The molecule has 3 atom stereocenters. The summed E-state index contributed by atoms with van der Waals surface area (Å²) in [7, 11) is 0. The molecule has 1 aliphatic heterocycles. The van der Waals surface area contributed by atoms with Gasteiger partial charge >= 0.3 is 0 Å². The lowest BCUT2D eigenvalue weighted by atomic mass is 10.0. The van der Waals surface area contributed by atoms with Gasteiger partial charge in [0.2, 0.25) is 5.91 Å². The highest BCUT2D eigenvalue weighted by Crippen LogP contribution is 2.34. The standard InChI is InChI=1S/C17H32N2OS/c1-5-21-11-10-13(4)19-16(14-8-6-7-9-14)18-15(12(2)3)17(19)20/h12-16,18H,5-11H2,1-4H3. The molecule has 1 saturated heterocycles. The minimum absolute atomic E-state index is 0.0249. The van der Waals surface area contributed by atoms with Crippen LogP contribution in [-0.2, 0) is 4.79 Å². The van der Waals surface area contributed by atoms with E-state index in [0.717, 1.165) is 12.2 Å². The molecule has 1 heterocycles. The van der Waals surface area contributed by atoms with Crippen LogP contribution in [0.1, 0.15) is 59.8 Å². The molecular formula is C17H32N2OS. The van der Waals surface area contributed by atoms with Crippen molar-refractivity contribution in [3.63, 3.8) is 0 Å². The van der Waals surface area contributed by atoms with Crippen LogP contribution in [0.15, 0.2) is 0 Å². The van der Waals surface area contributed by atoms with E-state index in [0.29, 0.717) is 23.8 Å². The second-order valence-electron chi connectivity index (χ2n) is 6.96. The number of hydrogen-bond donors (Lipinski definition) is 1. The van der Waals surface area contributed by atoms with Crippen LogP contribution in [0.25, 0.3) is 0 Å². The monoisotopic (exact) mass is 312 g/mol. The van der Waals surface area contributed by atoms with Crippen LogP contribution in [0.4, 0.5) is 0 Å². The van der Waals surface area contributed by atoms with Crippen LogP contribution in [0, 0.1) is 11.8 Å². The number of hydrogen-bond acceptors (Lipinski definition) is 3. The zero-order valence-corrected chi connectivity index (χ0v) is 14.9. The van der Waals surface area contributed by atoms with Gasteiger partial charge < -0.3 is 4.90 Å².